The molecule has 1 aliphatic rings. The summed E-state index contributed by atoms with van der Waals surface area (Å²) in [5.41, 5.74) is 7.95. The number of amides is 1. The van der Waals surface area contributed by atoms with E-state index in [1.165, 1.54) is 0 Å². The summed E-state index contributed by atoms with van der Waals surface area (Å²) in [5.74, 6) is 0.504. The zero-order chi connectivity index (χ0) is 22.0. The number of nitrogens with zero attached hydrogens (tertiary/aromatic N) is 3. The molecule has 2 atom stereocenters. The highest BCUT2D eigenvalue weighted by Gasteiger charge is 2.27. The number of halogens is 2. The Bertz CT molecular complexity index is 1100. The summed E-state index contributed by atoms with van der Waals surface area (Å²) < 4.78 is 7.49. The molecule has 1 amide bonds. The van der Waals surface area contributed by atoms with Crippen molar-refractivity contribution in [2.45, 2.75) is 18.5 Å². The molecule has 4 N–H and O–H groups in total. The van der Waals surface area contributed by atoms with E-state index >= 15 is 0 Å². The topological polar surface area (TPSA) is 107 Å². The Morgan fingerprint density at radius 3 is 2.90 bits per heavy atom. The molecule has 1 fully saturated rings. The normalized spacial score (nSPS) is 18.2. The lowest BCUT2D eigenvalue weighted by Crippen LogP contribution is -2.36. The fraction of sp³-hybridized carbons (Fsp3) is 0.286. The predicted octanol–water partition coefficient (Wildman–Crippen LogP) is 2.91. The Labute approximate surface area is 189 Å². The molecule has 4 rings (SSSR count). The number of carbonyl (C=O) groups is 1. The van der Waals surface area contributed by atoms with Gasteiger partial charge >= 0.3 is 0 Å². The quantitative estimate of drug-likeness (QED) is 0.521. The summed E-state index contributed by atoms with van der Waals surface area (Å²) in [6.07, 6.45) is 5.92. The Kier molecular flexibility index (Phi) is 6.31. The van der Waals surface area contributed by atoms with Crippen LogP contribution in [0.4, 0.5) is 5.82 Å². The van der Waals surface area contributed by atoms with Gasteiger partial charge in [-0.05, 0) is 30.7 Å². The Hall–Kier alpha value is -2.81. The largest absolute Gasteiger partial charge is 0.490 e. The maximum absolute atomic E-state index is 12.8. The smallest absolute Gasteiger partial charge is 0.255 e. The average Bonchev–Trinajstić information content (AvgIpc) is 3.36. The van der Waals surface area contributed by atoms with Crippen molar-refractivity contribution in [3.8, 4) is 16.9 Å². The third-order valence-corrected chi connectivity index (χ3v) is 5.62. The van der Waals surface area contributed by atoms with Gasteiger partial charge in [-0.1, -0.05) is 23.2 Å². The van der Waals surface area contributed by atoms with Gasteiger partial charge in [0.05, 0.1) is 16.8 Å². The van der Waals surface area contributed by atoms with E-state index in [-0.39, 0.29) is 23.8 Å². The van der Waals surface area contributed by atoms with Crippen LogP contribution in [-0.4, -0.2) is 45.9 Å². The molecule has 0 saturated carbocycles. The summed E-state index contributed by atoms with van der Waals surface area (Å²) in [7, 11) is 1.83. The zero-order valence-corrected chi connectivity index (χ0v) is 18.3. The Morgan fingerprint density at radius 1 is 1.32 bits per heavy atom. The number of hydrogen-bond donors (Lipinski definition) is 3. The predicted molar refractivity (Wildman–Crippen MR) is 120 cm³/mol. The summed E-state index contributed by atoms with van der Waals surface area (Å²) in [5, 5.41) is 11.6. The number of ether oxygens (including phenoxy) is 1. The molecule has 0 bridgehead atoms. The van der Waals surface area contributed by atoms with Crippen LogP contribution in [0.15, 0.2) is 42.9 Å². The lowest BCUT2D eigenvalue weighted by molar-refractivity contribution is 0.0940. The minimum absolute atomic E-state index is 0.0526. The highest BCUT2D eigenvalue weighted by atomic mass is 35.5. The van der Waals surface area contributed by atoms with Gasteiger partial charge in [-0.3, -0.25) is 9.48 Å². The van der Waals surface area contributed by atoms with Gasteiger partial charge in [-0.15, -0.1) is 0 Å². The molecule has 3 aromatic rings. The summed E-state index contributed by atoms with van der Waals surface area (Å²) in [6.45, 7) is 1.05. The average molecular weight is 461 g/mol. The van der Waals surface area contributed by atoms with Crippen LogP contribution >= 0.6 is 23.2 Å². The van der Waals surface area contributed by atoms with Crippen LogP contribution in [0, 0.1) is 0 Å². The van der Waals surface area contributed by atoms with E-state index in [4.69, 9.17) is 33.7 Å². The second kappa shape index (κ2) is 9.13. The van der Waals surface area contributed by atoms with Crippen LogP contribution in [0.2, 0.25) is 10.0 Å². The van der Waals surface area contributed by atoms with E-state index in [1.807, 2.05) is 13.2 Å². The number of nitrogen functional groups attached to an aromatic ring is 1. The van der Waals surface area contributed by atoms with Crippen LogP contribution in [-0.2, 0) is 7.05 Å². The first kappa shape index (κ1) is 21.4. The van der Waals surface area contributed by atoms with Crippen molar-refractivity contribution in [1.29, 1.82) is 0 Å². The van der Waals surface area contributed by atoms with E-state index in [2.05, 4.69) is 20.7 Å². The van der Waals surface area contributed by atoms with Crippen molar-refractivity contribution in [2.24, 2.45) is 7.05 Å². The number of aryl methyl sites for hydroxylation is 1. The van der Waals surface area contributed by atoms with Crippen molar-refractivity contribution < 1.29 is 9.53 Å². The van der Waals surface area contributed by atoms with Gasteiger partial charge < -0.3 is 21.1 Å². The van der Waals surface area contributed by atoms with Crippen molar-refractivity contribution in [3.05, 3.63) is 58.5 Å². The van der Waals surface area contributed by atoms with Crippen LogP contribution in [0.1, 0.15) is 16.8 Å². The molecule has 3 heterocycles. The van der Waals surface area contributed by atoms with Crippen molar-refractivity contribution in [2.75, 3.05) is 18.9 Å². The lowest BCUT2D eigenvalue weighted by atomic mass is 10.1. The van der Waals surface area contributed by atoms with E-state index in [0.29, 0.717) is 40.9 Å². The maximum Gasteiger partial charge on any atom is 0.255 e. The second-order valence-corrected chi connectivity index (χ2v) is 8.30. The zero-order valence-electron chi connectivity index (χ0n) is 16.8. The number of anilines is 1. The van der Waals surface area contributed by atoms with Gasteiger partial charge in [0, 0.05) is 54.2 Å². The van der Waals surface area contributed by atoms with Crippen molar-refractivity contribution >= 4 is 34.9 Å². The molecule has 0 radical (unpaired) electrons. The van der Waals surface area contributed by atoms with Crippen LogP contribution in [0.3, 0.4) is 0 Å². The number of aromatic nitrogens is 3. The molecule has 1 aliphatic heterocycles. The van der Waals surface area contributed by atoms with E-state index < -0.39 is 0 Å². The first-order valence-electron chi connectivity index (χ1n) is 9.75. The van der Waals surface area contributed by atoms with E-state index in [0.717, 1.165) is 11.1 Å². The molecule has 1 saturated heterocycles. The molecule has 2 aromatic heterocycles. The number of benzene rings is 1. The SMILES string of the molecule is Cn1cc(-c2cnc(N)c(C(=O)N[C@@H]3CN[C@H](COc4ccc(Cl)cc4Cl)C3)c2)cn1. The molecular formula is C21H22Cl2N6O2. The molecule has 162 valence electrons. The number of hydrogen-bond acceptors (Lipinski definition) is 6. The summed E-state index contributed by atoms with van der Waals surface area (Å²) >= 11 is 12.1. The standard InChI is InChI=1S/C21H22Cl2N6O2/c1-29-10-13(8-27-29)12-4-17(20(24)26-7-12)21(30)28-15-6-16(25-9-15)11-31-19-3-2-14(22)5-18(19)23/h2-5,7-8,10,15-16,25H,6,9,11H2,1H3,(H2,24,26)(H,28,30)/t15-,16-/m0/s1. The Balaban J connectivity index is 1.35. The molecule has 0 spiro atoms. The highest BCUT2D eigenvalue weighted by molar-refractivity contribution is 6.35. The summed E-state index contributed by atoms with van der Waals surface area (Å²) in [4.78, 5) is 17.0. The third kappa shape index (κ3) is 5.10. The molecule has 10 heteroatoms. The molecule has 8 nitrogen and oxygen atoms in total. The van der Waals surface area contributed by atoms with E-state index in [9.17, 15) is 4.79 Å². The number of nitrogens with one attached hydrogen (secondary N) is 2. The monoisotopic (exact) mass is 460 g/mol. The second-order valence-electron chi connectivity index (χ2n) is 7.46. The number of rotatable bonds is 6. The third-order valence-electron chi connectivity index (χ3n) is 5.09. The van der Waals surface area contributed by atoms with Crippen LogP contribution in [0.25, 0.3) is 11.1 Å². The van der Waals surface area contributed by atoms with Gasteiger partial charge in [0.25, 0.3) is 5.91 Å². The fourth-order valence-electron chi connectivity index (χ4n) is 3.49. The minimum atomic E-state index is -0.259. The minimum Gasteiger partial charge on any atom is -0.490 e. The molecule has 1 aromatic carbocycles. The van der Waals surface area contributed by atoms with Gasteiger partial charge in [0.1, 0.15) is 18.2 Å². The fourth-order valence-corrected chi connectivity index (χ4v) is 3.95. The highest BCUT2D eigenvalue weighted by Crippen LogP contribution is 2.28. The lowest BCUT2D eigenvalue weighted by Gasteiger charge is -2.15. The van der Waals surface area contributed by atoms with Crippen molar-refractivity contribution in [1.82, 2.24) is 25.4 Å². The molecule has 0 unspecified atom stereocenters. The molecule has 0 aliphatic carbocycles. The molecular weight excluding hydrogens is 439 g/mol. The van der Waals surface area contributed by atoms with Gasteiger partial charge in [-0.2, -0.15) is 5.10 Å². The van der Waals surface area contributed by atoms with Gasteiger partial charge in [0.15, 0.2) is 0 Å². The van der Waals surface area contributed by atoms with Gasteiger partial charge in [0.2, 0.25) is 0 Å². The Morgan fingerprint density at radius 2 is 2.16 bits per heavy atom. The molecule has 31 heavy (non-hydrogen) atoms. The van der Waals surface area contributed by atoms with E-state index in [1.54, 1.807) is 41.3 Å². The number of nitrogens with two attached hydrogens (primary N) is 1. The summed E-state index contributed by atoms with van der Waals surface area (Å²) in [6, 6.07) is 6.87. The maximum atomic E-state index is 12.8. The van der Waals surface area contributed by atoms with Crippen molar-refractivity contribution in [3.63, 3.8) is 0 Å². The van der Waals surface area contributed by atoms with Crippen LogP contribution < -0.4 is 21.1 Å². The first-order chi connectivity index (χ1) is 14.9. The van der Waals surface area contributed by atoms with Gasteiger partial charge in [-0.25, -0.2) is 4.98 Å². The first-order valence-corrected chi connectivity index (χ1v) is 10.5. The number of carbonyl (C=O) groups excluding carboxylic acids is 1. The van der Waals surface area contributed by atoms with Crippen LogP contribution in [0.5, 0.6) is 5.75 Å². The number of pyridine rings is 1.